The first kappa shape index (κ1) is 33.9. The predicted molar refractivity (Wildman–Crippen MR) is 131 cm³/mol. The van der Waals surface area contributed by atoms with Crippen LogP contribution in [0.2, 0.25) is 0 Å². The molecule has 2 N–H and O–H groups in total. The largest absolute Gasteiger partial charge is 0.490 e. The Bertz CT molecular complexity index is 1040. The molecule has 4 rings (SSSR count). The minimum atomic E-state index is -5.08. The van der Waals surface area contributed by atoms with Crippen molar-refractivity contribution in [2.24, 2.45) is 5.92 Å². The van der Waals surface area contributed by atoms with Gasteiger partial charge in [0.15, 0.2) is 0 Å². The van der Waals surface area contributed by atoms with Gasteiger partial charge in [-0.2, -0.15) is 26.3 Å². The normalized spacial score (nSPS) is 18.5. The van der Waals surface area contributed by atoms with Crippen LogP contribution in [0.3, 0.4) is 0 Å². The van der Waals surface area contributed by atoms with E-state index in [1.54, 1.807) is 0 Å². The third-order valence-electron chi connectivity index (χ3n) is 6.54. The molecule has 228 valence electrons. The predicted octanol–water partition coefficient (Wildman–Crippen LogP) is 4.72. The second-order valence-electron chi connectivity index (χ2n) is 9.34. The van der Waals surface area contributed by atoms with Crippen molar-refractivity contribution in [3.8, 4) is 0 Å². The number of alkyl halides is 6. The van der Waals surface area contributed by atoms with Gasteiger partial charge in [-0.15, -0.1) is 0 Å². The molecule has 15 heteroatoms. The second kappa shape index (κ2) is 15.6. The summed E-state index contributed by atoms with van der Waals surface area (Å²) in [5, 5.41) is 14.2. The molecule has 1 spiro atoms. The van der Waals surface area contributed by atoms with Gasteiger partial charge in [-0.3, -0.25) is 14.9 Å². The van der Waals surface area contributed by atoms with Crippen molar-refractivity contribution in [1.29, 1.82) is 0 Å². The summed E-state index contributed by atoms with van der Waals surface area (Å²) in [4.78, 5) is 28.6. The molecule has 1 unspecified atom stereocenters. The first-order chi connectivity index (χ1) is 19.2. The number of nitrogens with zero attached hydrogens (tertiary/aromatic N) is 3. The van der Waals surface area contributed by atoms with Crippen LogP contribution in [-0.4, -0.2) is 81.3 Å². The van der Waals surface area contributed by atoms with Gasteiger partial charge in [-0.05, 0) is 60.9 Å². The summed E-state index contributed by atoms with van der Waals surface area (Å²) in [5.74, 6) is -4.89. The fraction of sp³-hybridized carbons (Fsp3) is 0.538. The third kappa shape index (κ3) is 12.0. The lowest BCUT2D eigenvalue weighted by Crippen LogP contribution is -2.47. The van der Waals surface area contributed by atoms with Crippen molar-refractivity contribution in [2.75, 3.05) is 26.3 Å². The molecule has 0 bridgehead atoms. The highest BCUT2D eigenvalue weighted by Gasteiger charge is 2.45. The number of hydrogen-bond acceptors (Lipinski definition) is 7. The molecule has 0 radical (unpaired) electrons. The summed E-state index contributed by atoms with van der Waals surface area (Å²) < 4.78 is 75.7. The van der Waals surface area contributed by atoms with Gasteiger partial charge in [0.2, 0.25) is 0 Å². The van der Waals surface area contributed by atoms with Crippen molar-refractivity contribution in [3.63, 3.8) is 0 Å². The van der Waals surface area contributed by atoms with E-state index in [2.05, 4.69) is 20.9 Å². The highest BCUT2D eigenvalue weighted by atomic mass is 19.4. The quantitative estimate of drug-likeness (QED) is 0.346. The van der Waals surface area contributed by atoms with Crippen LogP contribution in [0.1, 0.15) is 36.8 Å². The van der Waals surface area contributed by atoms with Gasteiger partial charge < -0.3 is 19.7 Å². The zero-order valence-corrected chi connectivity index (χ0v) is 21.9. The van der Waals surface area contributed by atoms with Gasteiger partial charge in [0.05, 0.1) is 12.2 Å². The number of hydrogen-bond donors (Lipinski definition) is 2. The number of piperidine rings is 1. The first-order valence-electron chi connectivity index (χ1n) is 12.5. The SMILES string of the molecule is O=C(O)C(F)(F)F.O=C(O)C(F)(F)F.c1cncc(CN2CCC3(CC2)OCCC3CCOCc2ccncc2)c1. The molecular weight excluding hydrogens is 564 g/mol. The molecule has 9 nitrogen and oxygen atoms in total. The highest BCUT2D eigenvalue weighted by Crippen LogP contribution is 2.42. The maximum absolute atomic E-state index is 10.6. The van der Waals surface area contributed by atoms with E-state index < -0.39 is 24.3 Å². The zero-order chi connectivity index (χ0) is 30.5. The second-order valence-corrected chi connectivity index (χ2v) is 9.34. The Labute approximate surface area is 232 Å². The van der Waals surface area contributed by atoms with Gasteiger partial charge in [0, 0.05) is 57.6 Å². The third-order valence-corrected chi connectivity index (χ3v) is 6.54. The molecule has 2 saturated heterocycles. The smallest absolute Gasteiger partial charge is 0.475 e. The number of aliphatic carboxylic acids is 2. The van der Waals surface area contributed by atoms with Crippen LogP contribution in [0.4, 0.5) is 26.3 Å². The van der Waals surface area contributed by atoms with Crippen LogP contribution in [0.25, 0.3) is 0 Å². The molecule has 0 aromatic carbocycles. The van der Waals surface area contributed by atoms with Crippen molar-refractivity contribution in [1.82, 2.24) is 14.9 Å². The maximum Gasteiger partial charge on any atom is 0.490 e. The number of pyridine rings is 2. The number of ether oxygens (including phenoxy) is 2. The monoisotopic (exact) mass is 595 g/mol. The topological polar surface area (TPSA) is 122 Å². The van der Waals surface area contributed by atoms with Gasteiger partial charge in [-0.1, -0.05) is 6.07 Å². The number of carboxylic acid groups (broad SMARTS) is 2. The van der Waals surface area contributed by atoms with E-state index >= 15 is 0 Å². The lowest BCUT2D eigenvalue weighted by atomic mass is 9.78. The number of rotatable bonds is 7. The van der Waals surface area contributed by atoms with E-state index in [-0.39, 0.29) is 5.60 Å². The van der Waals surface area contributed by atoms with Gasteiger partial charge in [-0.25, -0.2) is 9.59 Å². The van der Waals surface area contributed by atoms with Crippen molar-refractivity contribution < 1.29 is 55.6 Å². The van der Waals surface area contributed by atoms with Crippen LogP contribution in [0.5, 0.6) is 0 Å². The fourth-order valence-electron chi connectivity index (χ4n) is 4.48. The van der Waals surface area contributed by atoms with E-state index in [9.17, 15) is 26.3 Å². The highest BCUT2D eigenvalue weighted by molar-refractivity contribution is 5.73. The molecular formula is C26H31F6N3O6. The molecule has 41 heavy (non-hydrogen) atoms. The standard InChI is InChI=1S/C22H29N3O2.2C2HF3O2/c1-2-20(16-24-9-1)17-25-12-7-22(8-13-25)21(6-15-27-22)5-14-26-18-19-3-10-23-11-4-19;2*3-2(4,5)1(6)7/h1-4,9-11,16,21H,5-8,12-15,17-18H2;2*(H,6,7). The summed E-state index contributed by atoms with van der Waals surface area (Å²) in [5.41, 5.74) is 2.55. The van der Waals surface area contributed by atoms with Crippen LogP contribution in [0.15, 0.2) is 49.1 Å². The van der Waals surface area contributed by atoms with Crippen LogP contribution < -0.4 is 0 Å². The van der Waals surface area contributed by atoms with Crippen LogP contribution >= 0.6 is 0 Å². The molecule has 2 aliphatic rings. The Morgan fingerprint density at radius 3 is 2.05 bits per heavy atom. The molecule has 0 amide bonds. The zero-order valence-electron chi connectivity index (χ0n) is 21.9. The first-order valence-corrected chi connectivity index (χ1v) is 12.5. The van der Waals surface area contributed by atoms with E-state index in [0.717, 1.165) is 52.1 Å². The lowest BCUT2D eigenvalue weighted by molar-refractivity contribution is -0.193. The Hall–Kier alpha value is -3.30. The van der Waals surface area contributed by atoms with E-state index in [1.165, 1.54) is 17.5 Å². The number of likely N-dealkylation sites (tertiary alicyclic amines) is 1. The fourth-order valence-corrected chi connectivity index (χ4v) is 4.48. The molecule has 2 aromatic rings. The average Bonchev–Trinajstić information content (AvgIpc) is 3.30. The van der Waals surface area contributed by atoms with Gasteiger partial charge in [0.1, 0.15) is 0 Å². The van der Waals surface area contributed by atoms with Gasteiger partial charge >= 0.3 is 24.3 Å². The summed E-state index contributed by atoms with van der Waals surface area (Å²) in [6.07, 6.45) is 1.79. The van der Waals surface area contributed by atoms with E-state index in [4.69, 9.17) is 29.3 Å². The summed E-state index contributed by atoms with van der Waals surface area (Å²) in [7, 11) is 0. The Balaban J connectivity index is 0.000000349. The molecule has 1 atom stereocenters. The molecule has 0 aliphatic carbocycles. The van der Waals surface area contributed by atoms with E-state index in [1.807, 2.05) is 43.0 Å². The number of carbonyl (C=O) groups is 2. The number of carboxylic acids is 2. The Kier molecular flexibility index (Phi) is 12.9. The Morgan fingerprint density at radius 2 is 1.54 bits per heavy atom. The lowest BCUT2D eigenvalue weighted by Gasteiger charge is -2.42. The average molecular weight is 596 g/mol. The summed E-state index contributed by atoms with van der Waals surface area (Å²) >= 11 is 0. The minimum Gasteiger partial charge on any atom is -0.475 e. The maximum atomic E-state index is 10.6. The summed E-state index contributed by atoms with van der Waals surface area (Å²) in [6, 6.07) is 8.20. The molecule has 2 aromatic heterocycles. The molecule has 4 heterocycles. The Morgan fingerprint density at radius 1 is 0.951 bits per heavy atom. The van der Waals surface area contributed by atoms with Crippen molar-refractivity contribution in [3.05, 3.63) is 60.2 Å². The number of aromatic nitrogens is 2. The van der Waals surface area contributed by atoms with Crippen LogP contribution in [0, 0.1) is 5.92 Å². The van der Waals surface area contributed by atoms with E-state index in [0.29, 0.717) is 12.5 Å². The molecule has 2 aliphatic heterocycles. The molecule has 2 fully saturated rings. The van der Waals surface area contributed by atoms with Crippen molar-refractivity contribution >= 4 is 11.9 Å². The summed E-state index contributed by atoms with van der Waals surface area (Å²) in [6.45, 7) is 5.56. The van der Waals surface area contributed by atoms with Crippen molar-refractivity contribution in [2.45, 2.75) is 56.8 Å². The minimum absolute atomic E-state index is 0.0749. The number of halogens is 6. The van der Waals surface area contributed by atoms with Gasteiger partial charge in [0.25, 0.3) is 0 Å². The van der Waals surface area contributed by atoms with Crippen LogP contribution in [-0.2, 0) is 32.2 Å². The molecule has 0 saturated carbocycles.